The molecule has 7 heteroatoms. The molecule has 0 radical (unpaired) electrons. The predicted molar refractivity (Wildman–Crippen MR) is 133 cm³/mol. The summed E-state index contributed by atoms with van der Waals surface area (Å²) in [5, 5.41) is 4.37. The van der Waals surface area contributed by atoms with Crippen molar-refractivity contribution in [2.24, 2.45) is 0 Å². The van der Waals surface area contributed by atoms with Gasteiger partial charge in [-0.2, -0.15) is 11.3 Å². The lowest BCUT2D eigenvalue weighted by atomic mass is 9.73. The molecule has 3 heterocycles. The number of nitrogens with zero attached hydrogens (tertiary/aromatic N) is 2. The number of thiol groups is 1. The molecule has 2 aliphatic heterocycles. The van der Waals surface area contributed by atoms with Crippen LogP contribution in [0.2, 0.25) is 5.02 Å². The van der Waals surface area contributed by atoms with Crippen molar-refractivity contribution < 1.29 is 9.59 Å². The summed E-state index contributed by atoms with van der Waals surface area (Å²) in [7, 11) is 0. The molecule has 1 aromatic heterocycles. The van der Waals surface area contributed by atoms with Crippen LogP contribution >= 0.6 is 35.8 Å². The number of hydrogen-bond donors (Lipinski definition) is 1. The van der Waals surface area contributed by atoms with Gasteiger partial charge in [0.2, 0.25) is 5.91 Å². The van der Waals surface area contributed by atoms with Gasteiger partial charge in [-0.05, 0) is 64.6 Å². The van der Waals surface area contributed by atoms with Crippen molar-refractivity contribution in [3.8, 4) is 0 Å². The molecule has 3 aromatic rings. The molecule has 4 nitrogen and oxygen atoms in total. The van der Waals surface area contributed by atoms with Crippen LogP contribution in [0.1, 0.15) is 41.9 Å². The van der Waals surface area contributed by atoms with Gasteiger partial charge in [0.1, 0.15) is 11.5 Å². The molecule has 2 saturated heterocycles. The Morgan fingerprint density at radius 2 is 1.69 bits per heavy atom. The highest BCUT2D eigenvalue weighted by atomic mass is 35.5. The van der Waals surface area contributed by atoms with Gasteiger partial charge in [-0.15, -0.1) is 0 Å². The number of benzene rings is 2. The van der Waals surface area contributed by atoms with Crippen LogP contribution in [0.15, 0.2) is 65.4 Å². The number of amides is 1. The van der Waals surface area contributed by atoms with E-state index < -0.39 is 11.5 Å². The number of hydrogen-bond acceptors (Lipinski definition) is 5. The number of thiophene rings is 1. The fourth-order valence-corrected chi connectivity index (χ4v) is 6.32. The van der Waals surface area contributed by atoms with E-state index >= 15 is 0 Å². The van der Waals surface area contributed by atoms with Gasteiger partial charge in [0.05, 0.1) is 0 Å². The highest BCUT2D eigenvalue weighted by Crippen LogP contribution is 2.48. The van der Waals surface area contributed by atoms with Gasteiger partial charge in [-0.1, -0.05) is 54.7 Å². The van der Waals surface area contributed by atoms with E-state index in [0.717, 1.165) is 24.2 Å². The second-order valence-corrected chi connectivity index (χ2v) is 9.95. The Balaban J connectivity index is 1.58. The van der Waals surface area contributed by atoms with Crippen LogP contribution in [0.5, 0.6) is 0 Å². The molecule has 2 fully saturated rings. The highest BCUT2D eigenvalue weighted by molar-refractivity contribution is 7.78. The summed E-state index contributed by atoms with van der Waals surface area (Å²) in [5.41, 5.74) is 2.52. The Labute approximate surface area is 202 Å². The van der Waals surface area contributed by atoms with Crippen LogP contribution in [0.25, 0.3) is 0 Å². The normalized spacial score (nSPS) is 23.8. The van der Waals surface area contributed by atoms with Crippen LogP contribution in [-0.2, 0) is 15.1 Å². The average Bonchev–Trinajstić information content (AvgIpc) is 3.52. The fraction of sp³-hybridized carbons (Fsp3) is 0.280. The number of halogens is 1. The zero-order chi connectivity index (χ0) is 22.3. The lowest BCUT2D eigenvalue weighted by molar-refractivity contribution is -0.142. The number of carbonyl (C=O) groups excluding carboxylic acids is 2. The topological polar surface area (TPSA) is 40.6 Å². The van der Waals surface area contributed by atoms with E-state index in [1.807, 2.05) is 29.0 Å². The van der Waals surface area contributed by atoms with Gasteiger partial charge in [0, 0.05) is 30.2 Å². The van der Waals surface area contributed by atoms with Crippen LogP contribution in [0, 0.1) is 0 Å². The zero-order valence-electron chi connectivity index (χ0n) is 17.4. The lowest BCUT2D eigenvalue weighted by Crippen LogP contribution is -2.54. The SMILES string of the molecule is O=C1CC(c2ccc(N3CCCC3)cc2)(c2ccsc2)N(S)C(=O)C1c1ccccc1Cl. The molecule has 2 atom stereocenters. The molecule has 5 rings (SSSR count). The first kappa shape index (κ1) is 21.6. The summed E-state index contributed by atoms with van der Waals surface area (Å²) in [5.74, 6) is -1.45. The van der Waals surface area contributed by atoms with Crippen LogP contribution < -0.4 is 4.90 Å². The van der Waals surface area contributed by atoms with Gasteiger partial charge >= 0.3 is 0 Å². The standard InChI is InChI=1S/C25H23ClN2O2S2/c26-21-6-2-1-5-20(21)23-22(29)15-25(28(31)24(23)30,18-11-14-32-16-18)17-7-9-19(10-8-17)27-12-3-4-13-27/h1-2,5-11,14,16,23,31H,3-4,12-13,15H2. The number of carbonyl (C=O) groups is 2. The summed E-state index contributed by atoms with van der Waals surface area (Å²) in [6.45, 7) is 2.12. The summed E-state index contributed by atoms with van der Waals surface area (Å²) < 4.78 is 1.45. The first-order chi connectivity index (χ1) is 15.5. The molecule has 0 N–H and O–H groups in total. The third kappa shape index (κ3) is 3.45. The monoisotopic (exact) mass is 482 g/mol. The number of Topliss-reactive ketones (excluding diaryl/α,β-unsaturated/α-hetero) is 1. The largest absolute Gasteiger partial charge is 0.372 e. The fourth-order valence-electron chi connectivity index (χ4n) is 4.93. The van der Waals surface area contributed by atoms with Crippen LogP contribution in [0.3, 0.4) is 0 Å². The number of ketones is 1. The van der Waals surface area contributed by atoms with E-state index in [4.69, 9.17) is 24.4 Å². The molecule has 2 aliphatic rings. The Bertz CT molecular complexity index is 1140. The first-order valence-electron chi connectivity index (χ1n) is 10.7. The number of anilines is 1. The predicted octanol–water partition coefficient (Wildman–Crippen LogP) is 5.68. The summed E-state index contributed by atoms with van der Waals surface area (Å²) >= 11 is 12.6. The van der Waals surface area contributed by atoms with Crippen molar-refractivity contribution in [1.82, 2.24) is 4.31 Å². The highest BCUT2D eigenvalue weighted by Gasteiger charge is 2.52. The maximum atomic E-state index is 13.6. The molecule has 164 valence electrons. The summed E-state index contributed by atoms with van der Waals surface area (Å²) in [4.78, 5) is 29.5. The average molecular weight is 483 g/mol. The molecule has 0 saturated carbocycles. The minimum atomic E-state index is -0.960. The van der Waals surface area contributed by atoms with Crippen molar-refractivity contribution in [3.05, 3.63) is 87.1 Å². The Kier molecular flexibility index (Phi) is 5.78. The van der Waals surface area contributed by atoms with Crippen LogP contribution in [0.4, 0.5) is 5.69 Å². The maximum absolute atomic E-state index is 13.6. The molecule has 0 aliphatic carbocycles. The van der Waals surface area contributed by atoms with E-state index in [9.17, 15) is 9.59 Å². The van der Waals surface area contributed by atoms with Gasteiger partial charge in [0.25, 0.3) is 0 Å². The van der Waals surface area contributed by atoms with Crippen molar-refractivity contribution in [3.63, 3.8) is 0 Å². The van der Waals surface area contributed by atoms with Gasteiger partial charge < -0.3 is 4.90 Å². The molecular formula is C25H23ClN2O2S2. The van der Waals surface area contributed by atoms with Crippen molar-refractivity contribution in [2.45, 2.75) is 30.7 Å². The smallest absolute Gasteiger partial charge is 0.248 e. The van der Waals surface area contributed by atoms with Crippen molar-refractivity contribution in [2.75, 3.05) is 18.0 Å². The first-order valence-corrected chi connectivity index (χ1v) is 12.4. The van der Waals surface area contributed by atoms with Gasteiger partial charge in [-0.25, -0.2) is 0 Å². The molecular weight excluding hydrogens is 460 g/mol. The van der Waals surface area contributed by atoms with Crippen molar-refractivity contribution >= 4 is 53.1 Å². The van der Waals surface area contributed by atoms with Gasteiger partial charge in [0.15, 0.2) is 5.78 Å². The molecule has 0 spiro atoms. The van der Waals surface area contributed by atoms with E-state index in [2.05, 4.69) is 17.0 Å². The third-order valence-corrected chi connectivity index (χ3v) is 8.17. The quantitative estimate of drug-likeness (QED) is 0.384. The molecule has 2 unspecified atom stereocenters. The van der Waals surface area contributed by atoms with Crippen LogP contribution in [-0.4, -0.2) is 29.1 Å². The molecule has 32 heavy (non-hydrogen) atoms. The Morgan fingerprint density at radius 3 is 2.34 bits per heavy atom. The van der Waals surface area contributed by atoms with E-state index in [0.29, 0.717) is 10.6 Å². The molecule has 2 aromatic carbocycles. The van der Waals surface area contributed by atoms with E-state index in [1.54, 1.807) is 35.6 Å². The minimum Gasteiger partial charge on any atom is -0.372 e. The van der Waals surface area contributed by atoms with E-state index in [1.165, 1.54) is 22.8 Å². The number of rotatable bonds is 4. The molecule has 0 bridgehead atoms. The second-order valence-electron chi connectivity index (χ2n) is 8.36. The zero-order valence-corrected chi connectivity index (χ0v) is 19.9. The maximum Gasteiger partial charge on any atom is 0.248 e. The number of piperidine rings is 1. The lowest BCUT2D eigenvalue weighted by Gasteiger charge is -2.46. The summed E-state index contributed by atoms with van der Waals surface area (Å²) in [6, 6.07) is 17.2. The minimum absolute atomic E-state index is 0.137. The Morgan fingerprint density at radius 1 is 0.969 bits per heavy atom. The summed E-state index contributed by atoms with van der Waals surface area (Å²) in [6.07, 6.45) is 2.55. The van der Waals surface area contributed by atoms with E-state index in [-0.39, 0.29) is 18.1 Å². The second kappa shape index (κ2) is 8.58. The van der Waals surface area contributed by atoms with Crippen molar-refractivity contribution in [1.29, 1.82) is 0 Å². The molecule has 1 amide bonds. The van der Waals surface area contributed by atoms with Gasteiger partial charge in [-0.3, -0.25) is 13.9 Å². The third-order valence-electron chi connectivity index (χ3n) is 6.60. The Hall–Kier alpha value is -2.28.